The molecule has 0 fully saturated rings. The number of aromatic nitrogens is 3. The molecular weight excluding hydrogens is 324 g/mol. The van der Waals surface area contributed by atoms with E-state index in [1.165, 1.54) is 16.5 Å². The SMILES string of the molecule is CCCC(NC(=O)Cc1c(C)[nH]c2c(C)ccc(C)c12)c1nccn1C. The minimum atomic E-state index is -0.0548. The van der Waals surface area contributed by atoms with Gasteiger partial charge in [0.05, 0.1) is 12.5 Å². The summed E-state index contributed by atoms with van der Waals surface area (Å²) in [6.45, 7) is 8.37. The molecule has 5 nitrogen and oxygen atoms in total. The standard InChI is InChI=1S/C21H28N4O/c1-6-7-17(21-22-10-11-25(21)5)24-18(26)12-16-15(4)23-20-14(3)9-8-13(2)19(16)20/h8-11,17,23H,6-7,12H2,1-5H3,(H,24,26). The zero-order chi connectivity index (χ0) is 18.8. The summed E-state index contributed by atoms with van der Waals surface area (Å²) < 4.78 is 1.98. The van der Waals surface area contributed by atoms with Crippen LogP contribution < -0.4 is 5.32 Å². The Bertz CT molecular complexity index is 935. The lowest BCUT2D eigenvalue weighted by Gasteiger charge is -2.18. The fourth-order valence-corrected chi connectivity index (χ4v) is 3.71. The minimum absolute atomic E-state index is 0.0383. The molecule has 1 aromatic carbocycles. The average molecular weight is 352 g/mol. The van der Waals surface area contributed by atoms with Crippen LogP contribution in [0.5, 0.6) is 0 Å². The quantitative estimate of drug-likeness (QED) is 0.703. The van der Waals surface area contributed by atoms with Crippen LogP contribution in [0.25, 0.3) is 10.9 Å². The third kappa shape index (κ3) is 3.39. The Labute approximate surface area is 154 Å². The second-order valence-corrected chi connectivity index (χ2v) is 7.16. The number of hydrogen-bond acceptors (Lipinski definition) is 2. The van der Waals surface area contributed by atoms with Gasteiger partial charge in [-0.25, -0.2) is 4.98 Å². The number of nitrogens with one attached hydrogen (secondary N) is 2. The number of rotatable bonds is 6. The van der Waals surface area contributed by atoms with Crippen LogP contribution in [0.15, 0.2) is 24.5 Å². The van der Waals surface area contributed by atoms with Gasteiger partial charge >= 0.3 is 0 Å². The van der Waals surface area contributed by atoms with Crippen LogP contribution in [0.4, 0.5) is 0 Å². The smallest absolute Gasteiger partial charge is 0.225 e. The Balaban J connectivity index is 1.86. The molecule has 26 heavy (non-hydrogen) atoms. The monoisotopic (exact) mass is 352 g/mol. The first-order chi connectivity index (χ1) is 12.4. The van der Waals surface area contributed by atoms with Crippen molar-refractivity contribution in [3.05, 3.63) is 52.7 Å². The van der Waals surface area contributed by atoms with E-state index in [0.29, 0.717) is 6.42 Å². The van der Waals surface area contributed by atoms with Crippen molar-refractivity contribution in [2.45, 2.75) is 53.0 Å². The Morgan fingerprint density at radius 3 is 2.65 bits per heavy atom. The van der Waals surface area contributed by atoms with Crippen LogP contribution in [-0.4, -0.2) is 20.4 Å². The molecule has 3 aromatic rings. The predicted octanol–water partition coefficient (Wildman–Crippen LogP) is 4.03. The van der Waals surface area contributed by atoms with E-state index < -0.39 is 0 Å². The molecule has 3 rings (SSSR count). The molecule has 0 radical (unpaired) electrons. The van der Waals surface area contributed by atoms with Crippen molar-refractivity contribution in [1.29, 1.82) is 0 Å². The molecule has 0 bridgehead atoms. The zero-order valence-electron chi connectivity index (χ0n) is 16.3. The molecule has 0 saturated carbocycles. The van der Waals surface area contributed by atoms with Gasteiger partial charge in [-0.15, -0.1) is 0 Å². The van der Waals surface area contributed by atoms with Crippen LogP contribution in [0, 0.1) is 20.8 Å². The highest BCUT2D eigenvalue weighted by molar-refractivity contribution is 5.93. The third-order valence-electron chi connectivity index (χ3n) is 5.11. The number of carbonyl (C=O) groups excluding carboxylic acids is 1. The maximum atomic E-state index is 12.8. The number of aromatic amines is 1. The Kier molecular flexibility index (Phi) is 5.16. The molecule has 2 aromatic heterocycles. The van der Waals surface area contributed by atoms with E-state index in [1.807, 2.05) is 24.7 Å². The molecule has 0 saturated heterocycles. The van der Waals surface area contributed by atoms with Crippen LogP contribution in [0.3, 0.4) is 0 Å². The molecule has 1 unspecified atom stereocenters. The summed E-state index contributed by atoms with van der Waals surface area (Å²) in [5.74, 6) is 0.944. The van der Waals surface area contributed by atoms with Crippen molar-refractivity contribution in [2.75, 3.05) is 0 Å². The minimum Gasteiger partial charge on any atom is -0.358 e. The third-order valence-corrected chi connectivity index (χ3v) is 5.11. The molecule has 5 heteroatoms. The van der Waals surface area contributed by atoms with E-state index >= 15 is 0 Å². The molecular formula is C21H28N4O. The van der Waals surface area contributed by atoms with E-state index in [4.69, 9.17) is 0 Å². The highest BCUT2D eigenvalue weighted by atomic mass is 16.1. The van der Waals surface area contributed by atoms with E-state index in [0.717, 1.165) is 35.4 Å². The van der Waals surface area contributed by atoms with Crippen molar-refractivity contribution in [3.63, 3.8) is 0 Å². The van der Waals surface area contributed by atoms with Crippen molar-refractivity contribution >= 4 is 16.8 Å². The number of nitrogens with zero attached hydrogens (tertiary/aromatic N) is 2. The van der Waals surface area contributed by atoms with Crippen LogP contribution in [-0.2, 0) is 18.3 Å². The molecule has 1 atom stereocenters. The summed E-state index contributed by atoms with van der Waals surface area (Å²) in [5.41, 5.74) is 5.70. The summed E-state index contributed by atoms with van der Waals surface area (Å²) in [6, 6.07) is 4.19. The fraction of sp³-hybridized carbons (Fsp3) is 0.429. The van der Waals surface area contributed by atoms with Gasteiger partial charge in [-0.3, -0.25) is 4.79 Å². The summed E-state index contributed by atoms with van der Waals surface area (Å²) in [7, 11) is 1.97. The number of H-pyrrole nitrogens is 1. The van der Waals surface area contributed by atoms with Crippen molar-refractivity contribution in [3.8, 4) is 0 Å². The van der Waals surface area contributed by atoms with Gasteiger partial charge in [-0.1, -0.05) is 25.5 Å². The number of benzene rings is 1. The molecule has 2 heterocycles. The lowest BCUT2D eigenvalue weighted by molar-refractivity contribution is -0.121. The molecule has 0 spiro atoms. The van der Waals surface area contributed by atoms with Crippen molar-refractivity contribution in [2.24, 2.45) is 7.05 Å². The zero-order valence-corrected chi connectivity index (χ0v) is 16.3. The van der Waals surface area contributed by atoms with Gasteiger partial charge in [0.2, 0.25) is 5.91 Å². The van der Waals surface area contributed by atoms with E-state index in [9.17, 15) is 4.79 Å². The Hall–Kier alpha value is -2.56. The Morgan fingerprint density at radius 1 is 1.27 bits per heavy atom. The molecule has 138 valence electrons. The lowest BCUT2D eigenvalue weighted by atomic mass is 10.0. The summed E-state index contributed by atoms with van der Waals surface area (Å²) in [5, 5.41) is 4.37. The highest BCUT2D eigenvalue weighted by Crippen LogP contribution is 2.28. The van der Waals surface area contributed by atoms with Gasteiger partial charge in [0, 0.05) is 36.0 Å². The molecule has 0 aliphatic carbocycles. The number of hydrogen-bond donors (Lipinski definition) is 2. The van der Waals surface area contributed by atoms with Gasteiger partial charge in [-0.05, 0) is 43.9 Å². The highest BCUT2D eigenvalue weighted by Gasteiger charge is 2.20. The van der Waals surface area contributed by atoms with Gasteiger partial charge in [0.15, 0.2) is 0 Å². The molecule has 0 aliphatic rings. The number of imidazole rings is 1. The maximum Gasteiger partial charge on any atom is 0.225 e. The van der Waals surface area contributed by atoms with Crippen LogP contribution in [0.1, 0.15) is 54.0 Å². The second-order valence-electron chi connectivity index (χ2n) is 7.16. The second kappa shape index (κ2) is 7.36. The van der Waals surface area contributed by atoms with Crippen molar-refractivity contribution in [1.82, 2.24) is 19.9 Å². The Morgan fingerprint density at radius 2 is 2.00 bits per heavy atom. The van der Waals surface area contributed by atoms with Gasteiger partial charge in [-0.2, -0.15) is 0 Å². The number of aryl methyl sites for hydroxylation is 4. The normalized spacial score (nSPS) is 12.5. The van der Waals surface area contributed by atoms with Crippen molar-refractivity contribution < 1.29 is 4.79 Å². The number of amides is 1. The first kappa shape index (κ1) is 18.2. The number of carbonyl (C=O) groups is 1. The summed E-state index contributed by atoms with van der Waals surface area (Å²) in [6.07, 6.45) is 5.94. The van der Waals surface area contributed by atoms with E-state index in [-0.39, 0.29) is 11.9 Å². The van der Waals surface area contributed by atoms with Crippen LogP contribution in [0.2, 0.25) is 0 Å². The topological polar surface area (TPSA) is 62.7 Å². The fourth-order valence-electron chi connectivity index (χ4n) is 3.71. The lowest BCUT2D eigenvalue weighted by Crippen LogP contribution is -2.31. The summed E-state index contributed by atoms with van der Waals surface area (Å²) in [4.78, 5) is 20.7. The van der Waals surface area contributed by atoms with E-state index in [1.54, 1.807) is 6.20 Å². The van der Waals surface area contributed by atoms with Gasteiger partial charge in [0.25, 0.3) is 0 Å². The van der Waals surface area contributed by atoms with E-state index in [2.05, 4.69) is 48.2 Å². The average Bonchev–Trinajstić information content (AvgIpc) is 3.15. The first-order valence-corrected chi connectivity index (χ1v) is 9.26. The number of fused-ring (bicyclic) bond motifs is 1. The maximum absolute atomic E-state index is 12.8. The summed E-state index contributed by atoms with van der Waals surface area (Å²) >= 11 is 0. The largest absolute Gasteiger partial charge is 0.358 e. The first-order valence-electron chi connectivity index (χ1n) is 9.26. The molecule has 1 amide bonds. The van der Waals surface area contributed by atoms with Gasteiger partial charge in [0.1, 0.15) is 5.82 Å². The van der Waals surface area contributed by atoms with Crippen LogP contribution >= 0.6 is 0 Å². The molecule has 2 N–H and O–H groups in total. The van der Waals surface area contributed by atoms with Gasteiger partial charge < -0.3 is 14.9 Å². The molecule has 0 aliphatic heterocycles. The predicted molar refractivity (Wildman–Crippen MR) is 105 cm³/mol.